The summed E-state index contributed by atoms with van der Waals surface area (Å²) in [7, 11) is -3.39. The van der Waals surface area contributed by atoms with E-state index in [2.05, 4.69) is 0 Å². The number of halogens is 12. The molecule has 30 heteroatoms. The van der Waals surface area contributed by atoms with Gasteiger partial charge in [-0.3, -0.25) is 19.7 Å². The van der Waals surface area contributed by atoms with E-state index in [1.54, 1.807) is 12.1 Å². The second-order valence-corrected chi connectivity index (χ2v) is 19.9. The Hall–Kier alpha value is -3.66. The van der Waals surface area contributed by atoms with E-state index in [-0.39, 0.29) is 76.0 Å². The van der Waals surface area contributed by atoms with E-state index >= 15 is 0 Å². The number of para-hydroxylation sites is 2. The molecule has 0 fully saturated rings. The van der Waals surface area contributed by atoms with Crippen molar-refractivity contribution in [2.75, 3.05) is 20.0 Å². The molecule has 6 aromatic rings. The number of aliphatic hydroxyl groups is 2. The molecule has 0 aliphatic carbocycles. The minimum absolute atomic E-state index is 0.0312. The minimum atomic E-state index is -5.17. The summed E-state index contributed by atoms with van der Waals surface area (Å²) in [6.45, 7) is 0. The molecule has 396 valence electrons. The Bertz CT molecular complexity index is 3310. The van der Waals surface area contributed by atoms with Crippen LogP contribution in [-0.4, -0.2) is 114 Å². The van der Waals surface area contributed by atoms with Crippen LogP contribution in [0.15, 0.2) is 109 Å². The Kier molecular flexibility index (Phi) is 25.0. The van der Waals surface area contributed by atoms with Crippen molar-refractivity contribution in [3.05, 3.63) is 194 Å². The summed E-state index contributed by atoms with van der Waals surface area (Å²) in [6.07, 6.45) is -11.1. The molecule has 0 radical (unpaired) electrons. The number of alkyl halides is 6. The summed E-state index contributed by atoms with van der Waals surface area (Å²) >= 11 is 39.3. The fraction of sp³-hybridized carbons (Fsp3) is 0.174. The molecule has 6 rings (SSSR count). The zero-order chi connectivity index (χ0) is 57.8. The number of nitro groups is 1. The Balaban J connectivity index is 0.000000351. The zero-order valence-electron chi connectivity index (χ0n) is 39.2. The van der Waals surface area contributed by atoms with Gasteiger partial charge in [0.05, 0.1) is 36.0 Å². The van der Waals surface area contributed by atoms with Crippen LogP contribution < -0.4 is 15.2 Å². The number of nitrogens with two attached hydrogens (primary N) is 1. The number of hydrogen-bond acceptors (Lipinski definition) is 13. The maximum atomic E-state index is 14.1. The second kappa shape index (κ2) is 28.5. The number of nitrogens with zero attached hydrogens (tertiary/aromatic N) is 1. The van der Waals surface area contributed by atoms with Gasteiger partial charge in [-0.05, 0) is 89.0 Å². The topological polar surface area (TPSA) is 230 Å². The molecule has 0 bridgehead atoms. The van der Waals surface area contributed by atoms with E-state index in [1.807, 2.05) is 0 Å². The summed E-state index contributed by atoms with van der Waals surface area (Å²) in [5.74, 6) is -1.24. The molecule has 0 saturated carbocycles. The van der Waals surface area contributed by atoms with E-state index in [0.29, 0.717) is 0 Å². The standard InChI is InChI=1S/C23H15Cl3F3NO5.C23H17Cl3F3NO3.2Na.O4S2/c1-35-21-15(3-2-4-19(21)30(33)34)20(31)11-16-17(25)9-13(10-18(16)26)22(32,23(27,28)29)12-5-7-14(24)8-6-12;1-33-21-15(3-2-4-19(21)30)20(31)11-16-17(25)9-13(10-18(16)26)22(32,23(27,28)29)12-5-7-14(24)8-6-12;;;1-5(2)6(3)4/h2-10,32H,11H2,1H3;2-10,32H,11,30H2,1H3;;;. The number of ketones is 2. The van der Waals surface area contributed by atoms with Crippen LogP contribution in [0.4, 0.5) is 37.7 Å². The molecule has 0 aliphatic rings. The maximum absolute atomic E-state index is 14.1. The van der Waals surface area contributed by atoms with Crippen LogP contribution in [0.1, 0.15) is 54.1 Å². The average molecular weight is 1240 g/mol. The van der Waals surface area contributed by atoms with Crippen molar-refractivity contribution in [2.45, 2.75) is 36.4 Å². The molecule has 2 atom stereocenters. The molecule has 0 heterocycles. The number of methoxy groups -OCH3 is 2. The number of ether oxygens (including phenoxy) is 2. The molecular formula is C46H32Cl6F6N2Na2O12S2. The number of carbonyl (C=O) groups excluding carboxylic acids is 2. The van der Waals surface area contributed by atoms with Crippen LogP contribution in [0.3, 0.4) is 0 Å². The molecule has 0 saturated heterocycles. The van der Waals surface area contributed by atoms with E-state index in [1.165, 1.54) is 93.2 Å². The average Bonchev–Trinajstić information content (AvgIpc) is 3.35. The Morgan fingerprint density at radius 3 is 1.18 bits per heavy atom. The van der Waals surface area contributed by atoms with Gasteiger partial charge in [-0.15, -0.1) is 0 Å². The number of hydrogen-bond donors (Lipinski definition) is 3. The number of carbonyl (C=O) groups is 2. The number of anilines is 1. The van der Waals surface area contributed by atoms with Gasteiger partial charge in [-0.25, -0.2) is 0 Å². The van der Waals surface area contributed by atoms with Crippen LogP contribution in [0.25, 0.3) is 0 Å². The van der Waals surface area contributed by atoms with Crippen molar-refractivity contribution < 1.29 is 77.4 Å². The quantitative estimate of drug-likeness (QED) is 0.0244. The molecule has 0 aliphatic heterocycles. The van der Waals surface area contributed by atoms with Crippen molar-refractivity contribution in [1.82, 2.24) is 0 Å². The third-order valence-electron chi connectivity index (χ3n) is 10.5. The zero-order valence-corrected chi connectivity index (χ0v) is 49.3. The Morgan fingerprint density at radius 2 is 0.895 bits per heavy atom. The van der Waals surface area contributed by atoms with E-state index in [9.17, 15) is 56.3 Å². The molecule has 0 aromatic heterocycles. The molecule has 76 heavy (non-hydrogen) atoms. The van der Waals surface area contributed by atoms with Crippen molar-refractivity contribution in [2.24, 2.45) is 0 Å². The number of benzene rings is 6. The van der Waals surface area contributed by atoms with Gasteiger partial charge in [0, 0.05) is 60.2 Å². The summed E-state index contributed by atoms with van der Waals surface area (Å²) in [4.78, 5) is 36.3. The van der Waals surface area contributed by atoms with Gasteiger partial charge in [-0.1, -0.05) is 106 Å². The van der Waals surface area contributed by atoms with Gasteiger partial charge in [0.15, 0.2) is 17.3 Å². The molecule has 4 N–H and O–H groups in total. The molecular weight excluding hydrogens is 1210 g/mol. The fourth-order valence-electron chi connectivity index (χ4n) is 6.95. The summed E-state index contributed by atoms with van der Waals surface area (Å²) in [5.41, 5.74) is -3.44. The normalized spacial score (nSPS) is 12.6. The number of rotatable bonds is 13. The Morgan fingerprint density at radius 1 is 0.579 bits per heavy atom. The molecule has 0 spiro atoms. The van der Waals surface area contributed by atoms with Crippen molar-refractivity contribution >= 4 is 155 Å². The first kappa shape index (κ1) is 66.6. The summed E-state index contributed by atoms with van der Waals surface area (Å²) in [6, 6.07) is 20.9. The van der Waals surface area contributed by atoms with Gasteiger partial charge >= 0.3 is 80.2 Å². The number of Topliss-reactive ketones (excluding diaryl/α,β-unsaturated/α-hetero) is 2. The van der Waals surface area contributed by atoms with Crippen LogP contribution in [-0.2, 0) is 42.6 Å². The van der Waals surface area contributed by atoms with Crippen molar-refractivity contribution in [3.63, 3.8) is 0 Å². The fourth-order valence-corrected chi connectivity index (χ4v) is 8.44. The predicted molar refractivity (Wildman–Crippen MR) is 276 cm³/mol. The first-order valence-corrected chi connectivity index (χ1v) is 33.8. The third kappa shape index (κ3) is 15.8. The van der Waals surface area contributed by atoms with Crippen LogP contribution >= 0.6 is 69.6 Å². The van der Waals surface area contributed by atoms with Gasteiger partial charge in [0.2, 0.25) is 17.0 Å². The van der Waals surface area contributed by atoms with E-state index in [4.69, 9.17) is 102 Å². The monoisotopic (exact) mass is 1240 g/mol. The number of nitro benzene ring substituents is 1. The van der Waals surface area contributed by atoms with Gasteiger partial charge in [0.25, 0.3) is 0 Å². The SMILES string of the molecule is COc1c(C(=O)Cc2c(Cl)cc(C(O)(c3ccc(Cl)cc3)C(F)(F)F)cc2Cl)cccc1[N+](=O)[O-].COc1c(N)cccc1C(=O)Cc1c(Cl)cc(C(O)(c2ccc(Cl)cc2)C(F)(F)F)cc1Cl.O=S(=O)=S(=O)=O.[Na][Na]. The predicted octanol–water partition coefficient (Wildman–Crippen LogP) is 11.1. The first-order valence-electron chi connectivity index (χ1n) is 20.9. The van der Waals surface area contributed by atoms with Gasteiger partial charge < -0.3 is 25.4 Å². The van der Waals surface area contributed by atoms with Gasteiger partial charge in [0.1, 0.15) is 0 Å². The Labute approximate surface area is 488 Å². The molecule has 2 unspecified atom stereocenters. The molecule has 14 nitrogen and oxygen atoms in total. The van der Waals surface area contributed by atoms with E-state index < -0.39 is 92.9 Å². The summed E-state index contributed by atoms with van der Waals surface area (Å²) < 4.78 is 131. The third-order valence-corrected chi connectivity index (χ3v) is 13.2. The van der Waals surface area contributed by atoms with Crippen molar-refractivity contribution in [1.29, 1.82) is 0 Å². The van der Waals surface area contributed by atoms with Crippen LogP contribution in [0, 0.1) is 10.1 Å². The first-order chi connectivity index (χ1) is 35.3. The molecule has 6 aromatic carbocycles. The van der Waals surface area contributed by atoms with Crippen LogP contribution in [0.5, 0.6) is 11.5 Å². The molecule has 0 amide bonds. The second-order valence-electron chi connectivity index (χ2n) is 14.9. The summed E-state index contributed by atoms with van der Waals surface area (Å²) in [5, 5.41) is 32.1. The van der Waals surface area contributed by atoms with Crippen LogP contribution in [0.2, 0.25) is 30.1 Å². The van der Waals surface area contributed by atoms with Gasteiger partial charge in [-0.2, -0.15) is 43.2 Å². The number of nitrogen functional groups attached to an aromatic ring is 1. The van der Waals surface area contributed by atoms with E-state index in [0.717, 1.165) is 61.7 Å². The van der Waals surface area contributed by atoms with Crippen molar-refractivity contribution in [3.8, 4) is 11.5 Å².